The summed E-state index contributed by atoms with van der Waals surface area (Å²) in [6.07, 6.45) is 0. The van der Waals surface area contributed by atoms with Gasteiger partial charge in [0.05, 0.1) is 0 Å². The van der Waals surface area contributed by atoms with E-state index < -0.39 is 0 Å². The summed E-state index contributed by atoms with van der Waals surface area (Å²) in [6, 6.07) is 13.1. The van der Waals surface area contributed by atoms with E-state index >= 15 is 0 Å². The molecule has 2 aromatic carbocycles. The topological polar surface area (TPSA) is 73.1 Å². The average Bonchev–Trinajstić information content (AvgIpc) is 2.34. The lowest BCUT2D eigenvalue weighted by Crippen LogP contribution is -2.03. The maximum Gasteiger partial charge on any atom is 0.128 e. The molecule has 0 aliphatic rings. The van der Waals surface area contributed by atoms with E-state index in [1.54, 1.807) is 24.3 Å². The molecule has 0 amide bonds. The Morgan fingerprint density at radius 2 is 1.65 bits per heavy atom. The van der Waals surface area contributed by atoms with Crippen LogP contribution >= 0.6 is 0 Å². The summed E-state index contributed by atoms with van der Waals surface area (Å²) in [4.78, 5) is 0. The second kappa shape index (κ2) is 4.57. The van der Waals surface area contributed by atoms with Crippen molar-refractivity contribution in [2.24, 2.45) is 5.16 Å². The number of rotatable bonds is 2. The number of aromatic hydroxyl groups is 2. The Hall–Kier alpha value is -2.49. The highest BCUT2D eigenvalue weighted by Gasteiger charge is 2.12. The Bertz CT molecular complexity index is 550. The molecule has 17 heavy (non-hydrogen) atoms. The first kappa shape index (κ1) is 11.0. The van der Waals surface area contributed by atoms with Gasteiger partial charge in [-0.05, 0) is 12.1 Å². The van der Waals surface area contributed by atoms with Crippen LogP contribution < -0.4 is 0 Å². The van der Waals surface area contributed by atoms with E-state index in [9.17, 15) is 10.2 Å². The Balaban J connectivity index is 2.51. The molecule has 0 heterocycles. The minimum atomic E-state index is -0.137. The van der Waals surface area contributed by atoms with Crippen LogP contribution in [0.25, 0.3) is 0 Å². The number of oxime groups is 1. The maximum absolute atomic E-state index is 9.70. The Labute approximate surface area is 98.1 Å². The summed E-state index contributed by atoms with van der Waals surface area (Å²) < 4.78 is 0. The molecule has 0 saturated heterocycles. The van der Waals surface area contributed by atoms with Crippen molar-refractivity contribution in [2.45, 2.75) is 0 Å². The van der Waals surface area contributed by atoms with Gasteiger partial charge in [-0.25, -0.2) is 0 Å². The van der Waals surface area contributed by atoms with E-state index in [1.165, 1.54) is 18.2 Å². The molecular weight excluding hydrogens is 218 g/mol. The fraction of sp³-hybridized carbons (Fsp3) is 0. The first-order valence-corrected chi connectivity index (χ1v) is 5.02. The molecule has 0 aliphatic carbocycles. The van der Waals surface area contributed by atoms with E-state index in [2.05, 4.69) is 5.16 Å². The van der Waals surface area contributed by atoms with Crippen molar-refractivity contribution >= 4 is 5.71 Å². The van der Waals surface area contributed by atoms with Gasteiger partial charge in [0.2, 0.25) is 0 Å². The van der Waals surface area contributed by atoms with Crippen LogP contribution in [0.4, 0.5) is 0 Å². The predicted octanol–water partition coefficient (Wildman–Crippen LogP) is 2.32. The molecule has 0 aliphatic heterocycles. The lowest BCUT2D eigenvalue weighted by atomic mass is 10.0. The molecule has 2 rings (SSSR count). The van der Waals surface area contributed by atoms with Crippen LogP contribution in [0.1, 0.15) is 11.1 Å². The largest absolute Gasteiger partial charge is 0.508 e. The van der Waals surface area contributed by atoms with Gasteiger partial charge in [-0.1, -0.05) is 35.5 Å². The third-order valence-electron chi connectivity index (χ3n) is 2.38. The van der Waals surface area contributed by atoms with Crippen molar-refractivity contribution in [1.82, 2.24) is 0 Å². The summed E-state index contributed by atoms with van der Waals surface area (Å²) in [6.45, 7) is 0. The van der Waals surface area contributed by atoms with E-state index in [4.69, 9.17) is 5.21 Å². The van der Waals surface area contributed by atoms with Crippen molar-refractivity contribution in [3.05, 3.63) is 59.7 Å². The fourth-order valence-electron chi connectivity index (χ4n) is 1.58. The number of nitrogens with zero attached hydrogens (tertiary/aromatic N) is 1. The maximum atomic E-state index is 9.70. The molecule has 0 aromatic heterocycles. The first-order chi connectivity index (χ1) is 8.22. The molecule has 86 valence electrons. The minimum absolute atomic E-state index is 0.0448. The Kier molecular flexibility index (Phi) is 2.96. The monoisotopic (exact) mass is 229 g/mol. The highest BCUT2D eigenvalue weighted by Crippen LogP contribution is 2.25. The highest BCUT2D eigenvalue weighted by molar-refractivity contribution is 6.14. The second-order valence-corrected chi connectivity index (χ2v) is 3.52. The summed E-state index contributed by atoms with van der Waals surface area (Å²) in [5.41, 5.74) is 1.29. The van der Waals surface area contributed by atoms with E-state index in [0.717, 1.165) is 0 Å². The smallest absolute Gasteiger partial charge is 0.128 e. The number of phenolic OH excluding ortho intramolecular Hbond substituents is 2. The van der Waals surface area contributed by atoms with Gasteiger partial charge in [0.15, 0.2) is 0 Å². The van der Waals surface area contributed by atoms with Crippen molar-refractivity contribution < 1.29 is 15.4 Å². The van der Waals surface area contributed by atoms with Crippen LogP contribution in [0.3, 0.4) is 0 Å². The first-order valence-electron chi connectivity index (χ1n) is 5.02. The average molecular weight is 229 g/mol. The zero-order chi connectivity index (χ0) is 12.3. The zero-order valence-electron chi connectivity index (χ0n) is 8.91. The van der Waals surface area contributed by atoms with Gasteiger partial charge in [0, 0.05) is 17.2 Å². The van der Waals surface area contributed by atoms with Crippen LogP contribution in [0, 0.1) is 0 Å². The van der Waals surface area contributed by atoms with Gasteiger partial charge in [-0.15, -0.1) is 0 Å². The third-order valence-corrected chi connectivity index (χ3v) is 2.38. The lowest BCUT2D eigenvalue weighted by molar-refractivity contribution is 0.319. The molecule has 0 radical (unpaired) electrons. The van der Waals surface area contributed by atoms with E-state index in [-0.39, 0.29) is 17.2 Å². The number of benzene rings is 2. The van der Waals surface area contributed by atoms with E-state index in [0.29, 0.717) is 11.1 Å². The fourth-order valence-corrected chi connectivity index (χ4v) is 1.58. The van der Waals surface area contributed by atoms with Gasteiger partial charge < -0.3 is 15.4 Å². The van der Waals surface area contributed by atoms with Gasteiger partial charge in [0.25, 0.3) is 0 Å². The van der Waals surface area contributed by atoms with Crippen LogP contribution in [0.15, 0.2) is 53.7 Å². The van der Waals surface area contributed by atoms with E-state index in [1.807, 2.05) is 6.07 Å². The second-order valence-electron chi connectivity index (χ2n) is 3.52. The summed E-state index contributed by atoms with van der Waals surface area (Å²) >= 11 is 0. The van der Waals surface area contributed by atoms with Crippen molar-refractivity contribution in [3.63, 3.8) is 0 Å². The van der Waals surface area contributed by atoms with Crippen molar-refractivity contribution in [3.8, 4) is 11.5 Å². The molecule has 0 saturated carbocycles. The summed E-state index contributed by atoms with van der Waals surface area (Å²) in [7, 11) is 0. The quantitative estimate of drug-likeness (QED) is 0.420. The van der Waals surface area contributed by atoms with Crippen LogP contribution in [0.2, 0.25) is 0 Å². The number of phenols is 2. The molecule has 4 heteroatoms. The summed E-state index contributed by atoms with van der Waals surface area (Å²) in [5, 5.41) is 31.1. The predicted molar refractivity (Wildman–Crippen MR) is 63.6 cm³/mol. The van der Waals surface area contributed by atoms with Gasteiger partial charge >= 0.3 is 0 Å². The van der Waals surface area contributed by atoms with Gasteiger partial charge in [-0.2, -0.15) is 0 Å². The number of hydrogen-bond acceptors (Lipinski definition) is 4. The molecule has 0 atom stereocenters. The molecule has 0 unspecified atom stereocenters. The summed E-state index contributed by atoms with van der Waals surface area (Å²) in [5.74, 6) is -0.182. The molecule has 0 spiro atoms. The van der Waals surface area contributed by atoms with Crippen LogP contribution in [-0.4, -0.2) is 21.1 Å². The number of hydrogen-bond donors (Lipinski definition) is 3. The SMILES string of the molecule is O/N=C(/c1ccccc1)c1ccc(O)cc1O. The zero-order valence-corrected chi connectivity index (χ0v) is 8.91. The Morgan fingerprint density at radius 1 is 0.941 bits per heavy atom. The van der Waals surface area contributed by atoms with Gasteiger partial charge in [0.1, 0.15) is 17.2 Å². The third kappa shape index (κ3) is 2.20. The molecule has 4 nitrogen and oxygen atoms in total. The molecule has 0 fully saturated rings. The highest BCUT2D eigenvalue weighted by atomic mass is 16.4. The normalized spacial score (nSPS) is 11.4. The minimum Gasteiger partial charge on any atom is -0.508 e. The van der Waals surface area contributed by atoms with Crippen LogP contribution in [-0.2, 0) is 0 Å². The standard InChI is InChI=1S/C13H11NO3/c15-10-6-7-11(12(16)8-10)13(14-17)9-4-2-1-3-5-9/h1-8,15-17H/b14-13-. The molecule has 3 N–H and O–H groups in total. The van der Waals surface area contributed by atoms with Gasteiger partial charge in [-0.3, -0.25) is 0 Å². The van der Waals surface area contributed by atoms with Crippen LogP contribution in [0.5, 0.6) is 11.5 Å². The molecular formula is C13H11NO3. The molecule has 0 bridgehead atoms. The Morgan fingerprint density at radius 3 is 2.24 bits per heavy atom. The van der Waals surface area contributed by atoms with Crippen molar-refractivity contribution in [2.75, 3.05) is 0 Å². The molecule has 2 aromatic rings. The van der Waals surface area contributed by atoms with Crippen molar-refractivity contribution in [1.29, 1.82) is 0 Å². The lowest BCUT2D eigenvalue weighted by Gasteiger charge is -2.07.